The summed E-state index contributed by atoms with van der Waals surface area (Å²) in [7, 11) is 0. The van der Waals surface area contributed by atoms with Crippen molar-refractivity contribution in [2.75, 3.05) is 0 Å². The molecular formula is C11H14Cl3NO3. The van der Waals surface area contributed by atoms with Crippen molar-refractivity contribution in [3.05, 3.63) is 33.9 Å². The number of alkyl halides is 3. The Hall–Kier alpha value is -0.580. The molecule has 0 radical (unpaired) electrons. The molecule has 4 nitrogen and oxygen atoms in total. The van der Waals surface area contributed by atoms with Gasteiger partial charge in [-0.1, -0.05) is 18.2 Å². The average Bonchev–Trinajstić information content (AvgIpc) is 2.21. The van der Waals surface area contributed by atoms with Crippen molar-refractivity contribution < 1.29 is 9.72 Å². The number of halogens is 3. The molecule has 0 heterocycles. The average molecular weight is 315 g/mol. The van der Waals surface area contributed by atoms with E-state index in [9.17, 15) is 14.9 Å². The molecule has 0 N–H and O–H groups in total. The second-order valence-corrected chi connectivity index (χ2v) is 6.24. The summed E-state index contributed by atoms with van der Waals surface area (Å²) < 4.78 is -2.36. The Bertz CT molecular complexity index is 385. The molecule has 0 saturated heterocycles. The van der Waals surface area contributed by atoms with Crippen molar-refractivity contribution >= 4 is 40.6 Å². The van der Waals surface area contributed by atoms with Crippen LogP contribution in [0.4, 0.5) is 0 Å². The summed E-state index contributed by atoms with van der Waals surface area (Å²) in [6.07, 6.45) is 3.68. The van der Waals surface area contributed by atoms with Crippen LogP contribution < -0.4 is 0 Å². The Morgan fingerprint density at radius 2 is 2.00 bits per heavy atom. The van der Waals surface area contributed by atoms with Gasteiger partial charge in [0.15, 0.2) is 5.78 Å². The maximum atomic E-state index is 11.2. The van der Waals surface area contributed by atoms with Gasteiger partial charge < -0.3 is 0 Å². The van der Waals surface area contributed by atoms with Gasteiger partial charge in [-0.05, 0) is 66.6 Å². The Morgan fingerprint density at radius 1 is 1.56 bits per heavy atom. The molecule has 18 heavy (non-hydrogen) atoms. The van der Waals surface area contributed by atoms with E-state index in [0.29, 0.717) is 12.3 Å². The minimum Gasteiger partial charge on any atom is -0.295 e. The van der Waals surface area contributed by atoms with E-state index in [1.165, 1.54) is 0 Å². The molecule has 0 amide bonds. The number of nitro groups is 1. The second-order valence-electron chi connectivity index (χ2n) is 4.02. The van der Waals surface area contributed by atoms with E-state index in [-0.39, 0.29) is 5.78 Å². The molecule has 0 fully saturated rings. The van der Waals surface area contributed by atoms with E-state index in [4.69, 9.17) is 34.8 Å². The fraction of sp³-hybridized carbons (Fsp3) is 0.545. The number of rotatable bonds is 1. The van der Waals surface area contributed by atoms with Crippen LogP contribution in [-0.4, -0.2) is 14.6 Å². The van der Waals surface area contributed by atoms with Crippen LogP contribution in [0.15, 0.2) is 23.8 Å². The Kier molecular flexibility index (Phi) is 6.89. The van der Waals surface area contributed by atoms with Gasteiger partial charge in [0, 0.05) is 6.42 Å². The third kappa shape index (κ3) is 6.38. The number of allylic oxidation sites excluding steroid dienone is 3. The molecular weight excluding hydrogens is 300 g/mol. The first-order chi connectivity index (χ1) is 8.05. The van der Waals surface area contributed by atoms with Gasteiger partial charge in [-0.2, -0.15) is 0 Å². The van der Waals surface area contributed by atoms with Gasteiger partial charge in [0.1, 0.15) is 0 Å². The predicted molar refractivity (Wildman–Crippen MR) is 73.6 cm³/mol. The van der Waals surface area contributed by atoms with Crippen LogP contribution in [0.5, 0.6) is 0 Å². The summed E-state index contributed by atoms with van der Waals surface area (Å²) in [6.45, 7) is 7.74. The predicted octanol–water partition coefficient (Wildman–Crippen LogP) is 4.08. The van der Waals surface area contributed by atoms with Gasteiger partial charge in [-0.3, -0.25) is 14.9 Å². The number of Topliss-reactive ketones (excluding diaryl/α,β-unsaturated/α-hetero) is 1. The first-order valence-electron chi connectivity index (χ1n) is 5.12. The molecule has 0 saturated carbocycles. The first kappa shape index (κ1) is 17.4. The zero-order valence-electron chi connectivity index (χ0n) is 10.1. The molecule has 7 heteroatoms. The van der Waals surface area contributed by atoms with Crippen molar-refractivity contribution in [2.45, 2.75) is 30.6 Å². The zero-order chi connectivity index (χ0) is 14.5. The highest BCUT2D eigenvalue weighted by atomic mass is 35.6. The highest BCUT2D eigenvalue weighted by molar-refractivity contribution is 6.65. The number of hydrogen-bond donors (Lipinski definition) is 0. The molecule has 0 spiro atoms. The normalized spacial score (nSPS) is 19.5. The van der Waals surface area contributed by atoms with E-state index in [1.54, 1.807) is 0 Å². The lowest BCUT2D eigenvalue weighted by atomic mass is 9.85. The Morgan fingerprint density at radius 3 is 2.28 bits per heavy atom. The lowest BCUT2D eigenvalue weighted by Crippen LogP contribution is -2.15. The maximum Gasteiger partial charge on any atom is 0.449 e. The summed E-state index contributed by atoms with van der Waals surface area (Å²) in [5.74, 6) is 0.676. The van der Waals surface area contributed by atoms with Crippen LogP contribution in [0.2, 0.25) is 0 Å². The number of carbonyl (C=O) groups excluding carboxylic acids is 1. The van der Waals surface area contributed by atoms with E-state index in [1.807, 2.05) is 19.9 Å². The third-order valence-electron chi connectivity index (χ3n) is 2.48. The SMILES string of the molecule is C=C(C)C1CC=C(C)C(=O)C1.O=[N+]([O-])C(Cl)(Cl)Cl. The van der Waals surface area contributed by atoms with Crippen molar-refractivity contribution in [1.82, 2.24) is 0 Å². The molecule has 1 atom stereocenters. The lowest BCUT2D eigenvalue weighted by Gasteiger charge is -2.18. The minimum absolute atomic E-state index is 0.282. The van der Waals surface area contributed by atoms with Crippen LogP contribution in [0.1, 0.15) is 26.7 Å². The van der Waals surface area contributed by atoms with Crippen LogP contribution >= 0.6 is 34.8 Å². The van der Waals surface area contributed by atoms with Crippen LogP contribution in [0.3, 0.4) is 0 Å². The van der Waals surface area contributed by atoms with Crippen LogP contribution in [0, 0.1) is 16.0 Å². The molecule has 0 aromatic carbocycles. The number of nitrogens with zero attached hydrogens (tertiary/aromatic N) is 1. The molecule has 102 valence electrons. The number of carbonyl (C=O) groups is 1. The maximum absolute atomic E-state index is 11.2. The minimum atomic E-state index is -2.36. The standard InChI is InChI=1S/C10H14O.CCl3NO2/c1-7(2)9-5-4-8(3)10(11)6-9;2-1(3,4)5(6)7/h4,9H,1,5-6H2,2-3H3;. The highest BCUT2D eigenvalue weighted by Crippen LogP contribution is 2.26. The third-order valence-corrected chi connectivity index (χ3v) is 2.90. The smallest absolute Gasteiger partial charge is 0.295 e. The zero-order valence-corrected chi connectivity index (χ0v) is 12.3. The fourth-order valence-corrected chi connectivity index (χ4v) is 1.28. The fourth-order valence-electron chi connectivity index (χ4n) is 1.28. The molecule has 1 aliphatic carbocycles. The van der Waals surface area contributed by atoms with E-state index >= 15 is 0 Å². The molecule has 0 aliphatic heterocycles. The quantitative estimate of drug-likeness (QED) is 0.241. The van der Waals surface area contributed by atoms with Crippen molar-refractivity contribution in [3.8, 4) is 0 Å². The highest BCUT2D eigenvalue weighted by Gasteiger charge is 2.33. The largest absolute Gasteiger partial charge is 0.449 e. The van der Waals surface area contributed by atoms with E-state index < -0.39 is 8.84 Å². The topological polar surface area (TPSA) is 60.2 Å². The molecule has 0 bridgehead atoms. The van der Waals surface area contributed by atoms with E-state index in [2.05, 4.69) is 6.58 Å². The molecule has 0 aromatic heterocycles. The van der Waals surface area contributed by atoms with E-state index in [0.717, 1.165) is 17.6 Å². The van der Waals surface area contributed by atoms with Gasteiger partial charge in [0.2, 0.25) is 0 Å². The molecule has 1 unspecified atom stereocenters. The molecule has 1 rings (SSSR count). The number of ketones is 1. The molecule has 1 aliphatic rings. The second kappa shape index (κ2) is 7.12. The summed E-state index contributed by atoms with van der Waals surface area (Å²) in [4.78, 5) is 19.6. The summed E-state index contributed by atoms with van der Waals surface area (Å²) in [5.41, 5.74) is 2.05. The van der Waals surface area contributed by atoms with Gasteiger partial charge >= 0.3 is 3.92 Å². The van der Waals surface area contributed by atoms with Crippen molar-refractivity contribution in [1.29, 1.82) is 0 Å². The monoisotopic (exact) mass is 313 g/mol. The van der Waals surface area contributed by atoms with Gasteiger partial charge in [0.25, 0.3) is 0 Å². The Labute approximate surface area is 121 Å². The number of hydrogen-bond acceptors (Lipinski definition) is 3. The summed E-state index contributed by atoms with van der Waals surface area (Å²) in [6, 6.07) is 0. The Balaban J connectivity index is 0.000000360. The van der Waals surface area contributed by atoms with Crippen LogP contribution in [0.25, 0.3) is 0 Å². The van der Waals surface area contributed by atoms with Gasteiger partial charge in [-0.25, -0.2) is 0 Å². The van der Waals surface area contributed by atoms with Crippen LogP contribution in [-0.2, 0) is 4.79 Å². The van der Waals surface area contributed by atoms with Crippen molar-refractivity contribution in [3.63, 3.8) is 0 Å². The first-order valence-corrected chi connectivity index (χ1v) is 6.25. The lowest BCUT2D eigenvalue weighted by molar-refractivity contribution is -0.491. The van der Waals surface area contributed by atoms with Crippen molar-refractivity contribution in [2.24, 2.45) is 5.92 Å². The summed E-state index contributed by atoms with van der Waals surface area (Å²) >= 11 is 14.1. The van der Waals surface area contributed by atoms with Gasteiger partial charge in [0.05, 0.1) is 4.92 Å². The van der Waals surface area contributed by atoms with Gasteiger partial charge in [-0.15, -0.1) is 0 Å². The molecule has 0 aromatic rings. The summed E-state index contributed by atoms with van der Waals surface area (Å²) in [5, 5.41) is 9.43.